The Bertz CT molecular complexity index is 716. The Morgan fingerprint density at radius 3 is 2.90 bits per heavy atom. The molecule has 0 radical (unpaired) electrons. The van der Waals surface area contributed by atoms with E-state index in [0.717, 1.165) is 18.7 Å². The molecule has 0 atom stereocenters. The average molecular weight is 290 g/mol. The van der Waals surface area contributed by atoms with Crippen molar-refractivity contribution < 1.29 is 5.21 Å². The predicted molar refractivity (Wildman–Crippen MR) is 77.4 cm³/mol. The van der Waals surface area contributed by atoms with Gasteiger partial charge in [0.05, 0.1) is 12.1 Å². The van der Waals surface area contributed by atoms with E-state index in [9.17, 15) is 4.79 Å². The van der Waals surface area contributed by atoms with E-state index in [2.05, 4.69) is 15.2 Å². The van der Waals surface area contributed by atoms with Gasteiger partial charge in [-0.15, -0.1) is 0 Å². The summed E-state index contributed by atoms with van der Waals surface area (Å²) in [6, 6.07) is 3.29. The van der Waals surface area contributed by atoms with Crippen molar-refractivity contribution in [3.05, 3.63) is 45.9 Å². The first kappa shape index (κ1) is 14.8. The van der Waals surface area contributed by atoms with E-state index in [0.29, 0.717) is 5.82 Å². The summed E-state index contributed by atoms with van der Waals surface area (Å²) >= 11 is 0. The Morgan fingerprint density at radius 1 is 1.48 bits per heavy atom. The van der Waals surface area contributed by atoms with E-state index in [-0.39, 0.29) is 23.5 Å². The number of hydrogen-bond acceptors (Lipinski definition) is 5. The van der Waals surface area contributed by atoms with Gasteiger partial charge < -0.3 is 15.5 Å². The zero-order valence-electron chi connectivity index (χ0n) is 12.0. The van der Waals surface area contributed by atoms with Crippen LogP contribution in [-0.2, 0) is 13.1 Å². The zero-order valence-corrected chi connectivity index (χ0v) is 12.0. The average Bonchev–Trinajstić information content (AvgIpc) is 2.90. The number of aryl methyl sites for hydroxylation is 2. The highest BCUT2D eigenvalue weighted by Crippen LogP contribution is 2.04. The van der Waals surface area contributed by atoms with Crippen LogP contribution in [0.5, 0.6) is 0 Å². The number of rotatable bonds is 5. The van der Waals surface area contributed by atoms with Crippen LogP contribution in [0.3, 0.4) is 0 Å². The summed E-state index contributed by atoms with van der Waals surface area (Å²) in [7, 11) is 0. The van der Waals surface area contributed by atoms with Crippen LogP contribution in [0.15, 0.2) is 28.4 Å². The highest BCUT2D eigenvalue weighted by Gasteiger charge is 2.13. The number of aromatic nitrogens is 4. The fraction of sp³-hybridized carbons (Fsp3) is 0.385. The highest BCUT2D eigenvalue weighted by atomic mass is 16.4. The molecule has 3 N–H and O–H groups in total. The summed E-state index contributed by atoms with van der Waals surface area (Å²) in [4.78, 5) is 16.6. The van der Waals surface area contributed by atoms with Gasteiger partial charge in [-0.3, -0.25) is 4.79 Å². The quantitative estimate of drug-likeness (QED) is 0.356. The van der Waals surface area contributed by atoms with Crippen molar-refractivity contribution >= 4 is 5.84 Å². The van der Waals surface area contributed by atoms with Crippen molar-refractivity contribution in [2.24, 2.45) is 10.9 Å². The Labute approximate surface area is 121 Å². The molecule has 2 aromatic heterocycles. The lowest BCUT2D eigenvalue weighted by atomic mass is 10.2. The van der Waals surface area contributed by atoms with Gasteiger partial charge in [-0.25, -0.2) is 9.67 Å². The van der Waals surface area contributed by atoms with Crippen molar-refractivity contribution in [3.63, 3.8) is 0 Å². The zero-order chi connectivity index (χ0) is 15.4. The third-order valence-electron chi connectivity index (χ3n) is 3.21. The minimum Gasteiger partial charge on any atom is -0.409 e. The van der Waals surface area contributed by atoms with Crippen LogP contribution in [0.2, 0.25) is 0 Å². The van der Waals surface area contributed by atoms with Gasteiger partial charge in [-0.2, -0.15) is 5.10 Å². The van der Waals surface area contributed by atoms with E-state index >= 15 is 0 Å². The SMILES string of the molecule is CCCn1ncnc1Cn1c(C)ccc(/C(N)=N/O)c1=O. The Balaban J connectivity index is 2.44. The van der Waals surface area contributed by atoms with Crippen LogP contribution in [-0.4, -0.2) is 30.4 Å². The molecular weight excluding hydrogens is 272 g/mol. The van der Waals surface area contributed by atoms with E-state index in [1.165, 1.54) is 10.9 Å². The smallest absolute Gasteiger partial charge is 0.262 e. The molecule has 8 nitrogen and oxygen atoms in total. The van der Waals surface area contributed by atoms with Crippen LogP contribution in [0.4, 0.5) is 0 Å². The summed E-state index contributed by atoms with van der Waals surface area (Å²) in [6.07, 6.45) is 2.40. The monoisotopic (exact) mass is 290 g/mol. The number of nitrogens with two attached hydrogens (primary N) is 1. The van der Waals surface area contributed by atoms with Gasteiger partial charge >= 0.3 is 0 Å². The molecule has 0 spiro atoms. The molecule has 0 aliphatic heterocycles. The van der Waals surface area contributed by atoms with Crippen LogP contribution in [0, 0.1) is 6.92 Å². The molecule has 2 aromatic rings. The van der Waals surface area contributed by atoms with E-state index in [4.69, 9.17) is 10.9 Å². The van der Waals surface area contributed by atoms with Crippen molar-refractivity contribution in [1.29, 1.82) is 0 Å². The molecule has 0 saturated heterocycles. The number of oxime groups is 1. The Morgan fingerprint density at radius 2 is 2.24 bits per heavy atom. The maximum absolute atomic E-state index is 12.4. The number of pyridine rings is 1. The molecule has 0 unspecified atom stereocenters. The lowest BCUT2D eigenvalue weighted by Gasteiger charge is -2.12. The van der Waals surface area contributed by atoms with Gasteiger partial charge in [0.15, 0.2) is 5.84 Å². The summed E-state index contributed by atoms with van der Waals surface area (Å²) in [5.74, 6) is 0.488. The Hall–Kier alpha value is -2.64. The Kier molecular flexibility index (Phi) is 4.36. The van der Waals surface area contributed by atoms with E-state index in [1.807, 2.05) is 13.8 Å². The third kappa shape index (κ3) is 2.93. The largest absolute Gasteiger partial charge is 0.409 e. The third-order valence-corrected chi connectivity index (χ3v) is 3.21. The molecule has 0 bridgehead atoms. The topological polar surface area (TPSA) is 111 Å². The lowest BCUT2D eigenvalue weighted by Crippen LogP contribution is -2.32. The minimum atomic E-state index is -0.323. The molecule has 0 saturated carbocycles. The molecule has 0 aliphatic rings. The van der Waals surface area contributed by atoms with Gasteiger partial charge in [0.2, 0.25) is 0 Å². The van der Waals surface area contributed by atoms with Gasteiger partial charge in [0, 0.05) is 12.2 Å². The van der Waals surface area contributed by atoms with Gasteiger partial charge in [-0.05, 0) is 25.5 Å². The summed E-state index contributed by atoms with van der Waals surface area (Å²) < 4.78 is 3.30. The van der Waals surface area contributed by atoms with Crippen molar-refractivity contribution in [2.45, 2.75) is 33.4 Å². The standard InChI is InChI=1S/C13H18N6O2/c1-3-6-19-11(15-8-16-19)7-18-9(2)4-5-10(13(18)20)12(14)17-21/h4-5,8,21H,3,6-7H2,1-2H3,(H2,14,17). The molecule has 2 rings (SSSR count). The second-order valence-electron chi connectivity index (χ2n) is 4.66. The first-order valence-corrected chi connectivity index (χ1v) is 6.63. The van der Waals surface area contributed by atoms with Crippen LogP contribution < -0.4 is 11.3 Å². The fourth-order valence-corrected chi connectivity index (χ4v) is 2.07. The molecule has 8 heteroatoms. The van der Waals surface area contributed by atoms with Crippen LogP contribution in [0.25, 0.3) is 0 Å². The van der Waals surface area contributed by atoms with Gasteiger partial charge in [-0.1, -0.05) is 12.1 Å². The van der Waals surface area contributed by atoms with Gasteiger partial charge in [0.1, 0.15) is 12.2 Å². The maximum atomic E-state index is 12.4. The minimum absolute atomic E-state index is 0.157. The van der Waals surface area contributed by atoms with Crippen molar-refractivity contribution in [2.75, 3.05) is 0 Å². The van der Waals surface area contributed by atoms with Gasteiger partial charge in [0.25, 0.3) is 5.56 Å². The first-order valence-electron chi connectivity index (χ1n) is 6.63. The number of hydrogen-bond donors (Lipinski definition) is 2. The number of amidine groups is 1. The molecule has 0 aromatic carbocycles. The molecule has 0 aliphatic carbocycles. The molecule has 2 heterocycles. The maximum Gasteiger partial charge on any atom is 0.262 e. The summed E-state index contributed by atoms with van der Waals surface area (Å²) in [5.41, 5.74) is 6.12. The van der Waals surface area contributed by atoms with Crippen molar-refractivity contribution in [3.8, 4) is 0 Å². The van der Waals surface area contributed by atoms with Crippen molar-refractivity contribution in [1.82, 2.24) is 19.3 Å². The van der Waals surface area contributed by atoms with Crippen LogP contribution >= 0.6 is 0 Å². The first-order chi connectivity index (χ1) is 10.1. The molecule has 0 fully saturated rings. The van der Waals surface area contributed by atoms with Crippen LogP contribution in [0.1, 0.15) is 30.4 Å². The highest BCUT2D eigenvalue weighted by molar-refractivity contribution is 5.96. The van der Waals surface area contributed by atoms with E-state index in [1.54, 1.807) is 16.8 Å². The number of nitrogens with zero attached hydrogens (tertiary/aromatic N) is 5. The predicted octanol–water partition coefficient (Wildman–Crippen LogP) is 0.301. The summed E-state index contributed by atoms with van der Waals surface area (Å²) in [6.45, 7) is 4.89. The second kappa shape index (κ2) is 6.21. The summed E-state index contributed by atoms with van der Waals surface area (Å²) in [5, 5.41) is 15.8. The fourth-order valence-electron chi connectivity index (χ4n) is 2.07. The molecular formula is C13H18N6O2. The molecule has 112 valence electrons. The van der Waals surface area contributed by atoms with E-state index < -0.39 is 0 Å². The normalized spacial score (nSPS) is 11.8. The molecule has 0 amide bonds. The lowest BCUT2D eigenvalue weighted by molar-refractivity contribution is 0.318. The second-order valence-corrected chi connectivity index (χ2v) is 4.66. The molecule has 21 heavy (non-hydrogen) atoms.